The molecule has 0 aliphatic heterocycles. The molecule has 0 aliphatic carbocycles. The van der Waals surface area contributed by atoms with Crippen LogP contribution in [-0.2, 0) is 0 Å². The first-order chi connectivity index (χ1) is 9.52. The molecule has 20 heavy (non-hydrogen) atoms. The average molecular weight is 334 g/mol. The van der Waals surface area contributed by atoms with Gasteiger partial charge in [-0.05, 0) is 53.5 Å². The van der Waals surface area contributed by atoms with Gasteiger partial charge in [-0.25, -0.2) is 4.98 Å². The van der Waals surface area contributed by atoms with Gasteiger partial charge < -0.3 is 10.6 Å². The number of amides is 1. The molecule has 1 amide bonds. The minimum Gasteiger partial charge on any atom is -0.383 e. The highest BCUT2D eigenvalue weighted by Crippen LogP contribution is 2.22. The van der Waals surface area contributed by atoms with Gasteiger partial charge in [-0.1, -0.05) is 12.1 Å². The average Bonchev–Trinajstić information content (AvgIpc) is 2.42. The predicted molar refractivity (Wildman–Crippen MR) is 84.9 cm³/mol. The number of anilines is 2. The van der Waals surface area contributed by atoms with Crippen LogP contribution in [0.3, 0.4) is 0 Å². The third-order valence-corrected chi connectivity index (χ3v) is 3.42. The Labute approximate surface area is 126 Å². The van der Waals surface area contributed by atoms with Crippen LogP contribution in [0.1, 0.15) is 22.8 Å². The second-order valence-corrected chi connectivity index (χ2v) is 5.39. The van der Waals surface area contributed by atoms with Crippen molar-refractivity contribution < 1.29 is 4.79 Å². The van der Waals surface area contributed by atoms with Gasteiger partial charge in [0.25, 0.3) is 5.91 Å². The number of carbonyl (C=O) groups is 1. The first-order valence-corrected chi connectivity index (χ1v) is 7.11. The van der Waals surface area contributed by atoms with E-state index in [1.807, 2.05) is 38.1 Å². The normalized spacial score (nSPS) is 10.3. The van der Waals surface area contributed by atoms with Crippen LogP contribution in [-0.4, -0.2) is 17.4 Å². The minimum atomic E-state index is -0.149. The summed E-state index contributed by atoms with van der Waals surface area (Å²) in [6.07, 6.45) is 1.58. The number of hydrogen-bond acceptors (Lipinski definition) is 3. The summed E-state index contributed by atoms with van der Waals surface area (Å²) in [5.41, 5.74) is 8.18. The number of hydrogen-bond donors (Lipinski definition) is 1. The molecule has 0 bridgehead atoms. The minimum absolute atomic E-state index is 0.149. The van der Waals surface area contributed by atoms with Crippen molar-refractivity contribution in [1.29, 1.82) is 0 Å². The summed E-state index contributed by atoms with van der Waals surface area (Å²) >= 11 is 3.31. The van der Waals surface area contributed by atoms with Crippen LogP contribution in [0.25, 0.3) is 0 Å². The van der Waals surface area contributed by atoms with E-state index in [9.17, 15) is 4.79 Å². The molecular weight excluding hydrogens is 318 g/mol. The molecule has 0 saturated heterocycles. The number of nitrogens with zero attached hydrogens (tertiary/aromatic N) is 2. The van der Waals surface area contributed by atoms with E-state index in [-0.39, 0.29) is 11.7 Å². The summed E-state index contributed by atoms with van der Waals surface area (Å²) < 4.78 is 0.732. The van der Waals surface area contributed by atoms with Crippen LogP contribution in [0.4, 0.5) is 11.5 Å². The number of aryl methyl sites for hydroxylation is 1. The van der Waals surface area contributed by atoms with E-state index in [2.05, 4.69) is 20.9 Å². The Morgan fingerprint density at radius 2 is 2.15 bits per heavy atom. The summed E-state index contributed by atoms with van der Waals surface area (Å²) in [6, 6.07) is 9.52. The number of nitrogen functional groups attached to an aromatic ring is 1. The Balaban J connectivity index is 2.41. The molecule has 0 unspecified atom stereocenters. The Morgan fingerprint density at radius 1 is 1.40 bits per heavy atom. The molecule has 0 radical (unpaired) electrons. The summed E-state index contributed by atoms with van der Waals surface area (Å²) in [5, 5.41) is 0. The van der Waals surface area contributed by atoms with Gasteiger partial charge in [0.1, 0.15) is 5.82 Å². The molecule has 0 fully saturated rings. The molecule has 104 valence electrons. The molecule has 2 rings (SSSR count). The number of aromatic nitrogens is 1. The zero-order valence-electron chi connectivity index (χ0n) is 11.4. The lowest BCUT2D eigenvalue weighted by Gasteiger charge is -2.22. The fourth-order valence-electron chi connectivity index (χ4n) is 2.01. The van der Waals surface area contributed by atoms with E-state index in [1.165, 1.54) is 0 Å². The predicted octanol–water partition coefficient (Wildman–Crippen LogP) is 3.40. The van der Waals surface area contributed by atoms with Crippen molar-refractivity contribution in [3.05, 3.63) is 52.1 Å². The van der Waals surface area contributed by atoms with Gasteiger partial charge in [-0.3, -0.25) is 4.79 Å². The standard InChI is InChI=1S/C15H16BrN3O/c1-3-19(12-6-4-5-10(2)7-12)15(20)13-8-11(16)9-18-14(13)17/h4-9H,3H2,1-2H3,(H2,17,18). The highest BCUT2D eigenvalue weighted by atomic mass is 79.9. The summed E-state index contributed by atoms with van der Waals surface area (Å²) in [7, 11) is 0. The number of nitrogens with two attached hydrogens (primary N) is 1. The van der Waals surface area contributed by atoms with Gasteiger partial charge in [0.15, 0.2) is 0 Å². The number of carbonyl (C=O) groups excluding carboxylic acids is 1. The van der Waals surface area contributed by atoms with Gasteiger partial charge in [0.05, 0.1) is 5.56 Å². The van der Waals surface area contributed by atoms with Crippen molar-refractivity contribution in [2.45, 2.75) is 13.8 Å². The van der Waals surface area contributed by atoms with Crippen LogP contribution in [0.5, 0.6) is 0 Å². The SMILES string of the molecule is CCN(C(=O)c1cc(Br)cnc1N)c1cccc(C)c1. The molecule has 1 aromatic heterocycles. The smallest absolute Gasteiger partial charge is 0.262 e. The number of rotatable bonds is 3. The van der Waals surface area contributed by atoms with Crippen molar-refractivity contribution in [1.82, 2.24) is 4.98 Å². The van der Waals surface area contributed by atoms with Crippen LogP contribution < -0.4 is 10.6 Å². The Bertz CT molecular complexity index is 643. The Morgan fingerprint density at radius 3 is 2.80 bits per heavy atom. The highest BCUT2D eigenvalue weighted by Gasteiger charge is 2.19. The van der Waals surface area contributed by atoms with Crippen LogP contribution >= 0.6 is 15.9 Å². The summed E-state index contributed by atoms with van der Waals surface area (Å²) in [4.78, 5) is 18.3. The fourth-order valence-corrected chi connectivity index (χ4v) is 2.34. The fraction of sp³-hybridized carbons (Fsp3) is 0.200. The molecule has 4 nitrogen and oxygen atoms in total. The summed E-state index contributed by atoms with van der Waals surface area (Å²) in [6.45, 7) is 4.49. The molecular formula is C15H16BrN3O. The van der Waals surface area contributed by atoms with E-state index in [4.69, 9.17) is 5.73 Å². The lowest BCUT2D eigenvalue weighted by atomic mass is 10.1. The quantitative estimate of drug-likeness (QED) is 0.936. The molecule has 0 spiro atoms. The second kappa shape index (κ2) is 6.05. The maximum absolute atomic E-state index is 12.6. The first kappa shape index (κ1) is 14.5. The van der Waals surface area contributed by atoms with E-state index >= 15 is 0 Å². The lowest BCUT2D eigenvalue weighted by molar-refractivity contribution is 0.0989. The van der Waals surface area contributed by atoms with Crippen molar-refractivity contribution in [3.8, 4) is 0 Å². The largest absolute Gasteiger partial charge is 0.383 e. The molecule has 0 aliphatic rings. The highest BCUT2D eigenvalue weighted by molar-refractivity contribution is 9.10. The van der Waals surface area contributed by atoms with Crippen LogP contribution in [0.2, 0.25) is 0 Å². The van der Waals surface area contributed by atoms with Crippen LogP contribution in [0.15, 0.2) is 41.0 Å². The molecule has 5 heteroatoms. The molecule has 1 aromatic carbocycles. The van der Waals surface area contributed by atoms with E-state index < -0.39 is 0 Å². The van der Waals surface area contributed by atoms with Gasteiger partial charge in [-0.15, -0.1) is 0 Å². The Kier molecular flexibility index (Phi) is 4.39. The molecule has 0 atom stereocenters. The zero-order chi connectivity index (χ0) is 14.7. The molecule has 2 N–H and O–H groups in total. The maximum Gasteiger partial charge on any atom is 0.262 e. The summed E-state index contributed by atoms with van der Waals surface area (Å²) in [5.74, 6) is 0.0914. The second-order valence-electron chi connectivity index (χ2n) is 4.47. The molecule has 2 aromatic rings. The van der Waals surface area contributed by atoms with Gasteiger partial charge in [-0.2, -0.15) is 0 Å². The number of benzene rings is 1. The van der Waals surface area contributed by atoms with E-state index in [0.29, 0.717) is 12.1 Å². The van der Waals surface area contributed by atoms with Crippen molar-refractivity contribution in [3.63, 3.8) is 0 Å². The van der Waals surface area contributed by atoms with Crippen molar-refractivity contribution in [2.75, 3.05) is 17.2 Å². The number of pyridine rings is 1. The topological polar surface area (TPSA) is 59.2 Å². The van der Waals surface area contributed by atoms with E-state index in [0.717, 1.165) is 15.7 Å². The Hall–Kier alpha value is -1.88. The third-order valence-electron chi connectivity index (χ3n) is 2.99. The zero-order valence-corrected chi connectivity index (χ0v) is 13.0. The lowest BCUT2D eigenvalue weighted by Crippen LogP contribution is -2.31. The van der Waals surface area contributed by atoms with Gasteiger partial charge in [0, 0.05) is 22.9 Å². The first-order valence-electron chi connectivity index (χ1n) is 6.32. The van der Waals surface area contributed by atoms with Crippen molar-refractivity contribution in [2.24, 2.45) is 0 Å². The van der Waals surface area contributed by atoms with E-state index in [1.54, 1.807) is 17.2 Å². The van der Waals surface area contributed by atoms with Crippen molar-refractivity contribution >= 4 is 33.3 Å². The monoisotopic (exact) mass is 333 g/mol. The van der Waals surface area contributed by atoms with Gasteiger partial charge in [0.2, 0.25) is 0 Å². The number of halogens is 1. The molecule has 1 heterocycles. The maximum atomic E-state index is 12.6. The third kappa shape index (κ3) is 2.99. The van der Waals surface area contributed by atoms with Crippen LogP contribution in [0, 0.1) is 6.92 Å². The molecule has 0 saturated carbocycles. The van der Waals surface area contributed by atoms with Gasteiger partial charge >= 0.3 is 0 Å².